The molecule has 6 heteroatoms. The largest absolute Gasteiger partial charge is 0.465 e. The predicted molar refractivity (Wildman–Crippen MR) is 69.0 cm³/mol. The van der Waals surface area contributed by atoms with Crippen LogP contribution in [-0.2, 0) is 9.53 Å². The number of carbonyl (C=O) groups excluding carboxylic acids is 1. The number of hydrogen-bond acceptors (Lipinski definition) is 4. The van der Waals surface area contributed by atoms with Crippen molar-refractivity contribution in [1.82, 2.24) is 0 Å². The van der Waals surface area contributed by atoms with Gasteiger partial charge >= 0.3 is 5.97 Å². The lowest BCUT2D eigenvalue weighted by molar-refractivity contribution is -0.143. The molecule has 0 aliphatic rings. The SMILES string of the molecule is CCOC(=O)[C@@H](C#N)C=N[C@H](C)c1ccc(F)c(F)c1. The predicted octanol–water partition coefficient (Wildman–Crippen LogP) is 2.80. The van der Waals surface area contributed by atoms with Gasteiger partial charge in [-0.15, -0.1) is 0 Å². The van der Waals surface area contributed by atoms with Crippen molar-refractivity contribution in [2.24, 2.45) is 10.9 Å². The fourth-order valence-corrected chi connectivity index (χ4v) is 1.45. The number of carbonyl (C=O) groups is 1. The number of halogens is 2. The summed E-state index contributed by atoms with van der Waals surface area (Å²) in [5.74, 6) is -3.70. The summed E-state index contributed by atoms with van der Waals surface area (Å²) in [7, 11) is 0. The molecule has 0 bridgehead atoms. The highest BCUT2D eigenvalue weighted by molar-refractivity contribution is 5.92. The van der Waals surface area contributed by atoms with E-state index < -0.39 is 29.6 Å². The highest BCUT2D eigenvalue weighted by Crippen LogP contribution is 2.19. The van der Waals surface area contributed by atoms with E-state index in [0.717, 1.165) is 18.3 Å². The zero-order valence-electron chi connectivity index (χ0n) is 11.1. The Morgan fingerprint density at radius 3 is 2.75 bits per heavy atom. The van der Waals surface area contributed by atoms with Gasteiger partial charge in [0.25, 0.3) is 0 Å². The lowest BCUT2D eigenvalue weighted by atomic mass is 10.1. The quantitative estimate of drug-likeness (QED) is 0.615. The number of ether oxygens (including phenoxy) is 1. The molecule has 20 heavy (non-hydrogen) atoms. The Bertz CT molecular complexity index is 553. The molecule has 1 aromatic rings. The van der Waals surface area contributed by atoms with Gasteiger partial charge in [-0.1, -0.05) is 6.07 Å². The Balaban J connectivity index is 2.80. The average Bonchev–Trinajstić information content (AvgIpc) is 2.42. The van der Waals surface area contributed by atoms with Crippen LogP contribution in [0.5, 0.6) is 0 Å². The van der Waals surface area contributed by atoms with E-state index in [0.29, 0.717) is 5.56 Å². The van der Waals surface area contributed by atoms with E-state index in [1.807, 2.05) is 0 Å². The van der Waals surface area contributed by atoms with E-state index in [9.17, 15) is 13.6 Å². The molecule has 106 valence electrons. The number of benzene rings is 1. The molecule has 2 atom stereocenters. The minimum absolute atomic E-state index is 0.170. The van der Waals surface area contributed by atoms with E-state index in [-0.39, 0.29) is 6.61 Å². The second kappa shape index (κ2) is 7.34. The second-order valence-corrected chi connectivity index (χ2v) is 4.01. The summed E-state index contributed by atoms with van der Waals surface area (Å²) < 4.78 is 30.6. The number of hydrogen-bond donors (Lipinski definition) is 0. The summed E-state index contributed by atoms with van der Waals surface area (Å²) in [6.07, 6.45) is 1.16. The Kier molecular flexibility index (Phi) is 5.78. The Morgan fingerprint density at radius 1 is 1.50 bits per heavy atom. The first-order chi connectivity index (χ1) is 9.49. The Morgan fingerprint density at radius 2 is 2.20 bits per heavy atom. The van der Waals surface area contributed by atoms with Gasteiger partial charge in [-0.3, -0.25) is 9.79 Å². The first-order valence-electron chi connectivity index (χ1n) is 6.04. The van der Waals surface area contributed by atoms with E-state index in [1.54, 1.807) is 19.9 Å². The molecule has 0 saturated carbocycles. The van der Waals surface area contributed by atoms with Crippen molar-refractivity contribution in [3.05, 3.63) is 35.4 Å². The van der Waals surface area contributed by atoms with Crippen LogP contribution >= 0.6 is 0 Å². The molecule has 0 spiro atoms. The standard InChI is InChI=1S/C14H14F2N2O2/c1-3-20-14(19)11(7-17)8-18-9(2)10-4-5-12(15)13(16)6-10/h4-6,8-9,11H,3H2,1-2H3/t9-,11+/m1/s1. The van der Waals surface area contributed by atoms with Gasteiger partial charge in [0.1, 0.15) is 0 Å². The van der Waals surface area contributed by atoms with Crippen LogP contribution in [-0.4, -0.2) is 18.8 Å². The van der Waals surface area contributed by atoms with Gasteiger partial charge in [-0.2, -0.15) is 5.26 Å². The van der Waals surface area contributed by atoms with Crippen LogP contribution in [0.25, 0.3) is 0 Å². The van der Waals surface area contributed by atoms with Crippen molar-refractivity contribution in [2.75, 3.05) is 6.61 Å². The summed E-state index contributed by atoms with van der Waals surface area (Å²) in [4.78, 5) is 15.4. The lowest BCUT2D eigenvalue weighted by Gasteiger charge is -2.08. The monoisotopic (exact) mass is 280 g/mol. The molecule has 1 aromatic carbocycles. The topological polar surface area (TPSA) is 62.5 Å². The molecule has 0 unspecified atom stereocenters. The van der Waals surface area contributed by atoms with Gasteiger partial charge in [-0.05, 0) is 31.5 Å². The minimum atomic E-state index is -1.11. The molecule has 0 amide bonds. The first kappa shape index (κ1) is 15.8. The fourth-order valence-electron chi connectivity index (χ4n) is 1.45. The fraction of sp³-hybridized carbons (Fsp3) is 0.357. The van der Waals surface area contributed by atoms with Crippen LogP contribution in [0.2, 0.25) is 0 Å². The molecule has 1 rings (SSSR count). The van der Waals surface area contributed by atoms with E-state index in [1.165, 1.54) is 6.07 Å². The van der Waals surface area contributed by atoms with Gasteiger partial charge in [0.05, 0.1) is 18.7 Å². The minimum Gasteiger partial charge on any atom is -0.465 e. The zero-order valence-corrected chi connectivity index (χ0v) is 11.1. The van der Waals surface area contributed by atoms with Crippen molar-refractivity contribution in [3.63, 3.8) is 0 Å². The highest BCUT2D eigenvalue weighted by atomic mass is 19.2. The van der Waals surface area contributed by atoms with Crippen LogP contribution in [0.1, 0.15) is 25.5 Å². The van der Waals surface area contributed by atoms with Crippen molar-refractivity contribution >= 4 is 12.2 Å². The lowest BCUT2D eigenvalue weighted by Crippen LogP contribution is -2.17. The molecular formula is C14H14F2N2O2. The van der Waals surface area contributed by atoms with Gasteiger partial charge < -0.3 is 4.74 Å². The zero-order chi connectivity index (χ0) is 15.1. The summed E-state index contributed by atoms with van der Waals surface area (Å²) in [5.41, 5.74) is 0.445. The highest BCUT2D eigenvalue weighted by Gasteiger charge is 2.17. The summed E-state index contributed by atoms with van der Waals surface area (Å²) >= 11 is 0. The summed E-state index contributed by atoms with van der Waals surface area (Å²) in [5, 5.41) is 8.84. The molecule has 0 aliphatic carbocycles. The van der Waals surface area contributed by atoms with Gasteiger partial charge in [0.15, 0.2) is 17.6 Å². The first-order valence-corrected chi connectivity index (χ1v) is 6.04. The van der Waals surface area contributed by atoms with Gasteiger partial charge in [0.2, 0.25) is 0 Å². The molecule has 4 nitrogen and oxygen atoms in total. The molecule has 0 aliphatic heterocycles. The average molecular weight is 280 g/mol. The Labute approximate surface area is 115 Å². The van der Waals surface area contributed by atoms with Crippen molar-refractivity contribution < 1.29 is 18.3 Å². The van der Waals surface area contributed by atoms with Crippen LogP contribution in [0.3, 0.4) is 0 Å². The van der Waals surface area contributed by atoms with Crippen LogP contribution in [0.15, 0.2) is 23.2 Å². The third kappa shape index (κ3) is 4.12. The maximum atomic E-state index is 13.1. The van der Waals surface area contributed by atoms with Gasteiger partial charge in [-0.25, -0.2) is 8.78 Å². The molecule has 0 heterocycles. The number of rotatable bonds is 5. The third-order valence-electron chi connectivity index (χ3n) is 2.56. The van der Waals surface area contributed by atoms with Crippen LogP contribution in [0.4, 0.5) is 8.78 Å². The van der Waals surface area contributed by atoms with Crippen molar-refractivity contribution in [3.8, 4) is 6.07 Å². The molecule has 0 fully saturated rings. The maximum absolute atomic E-state index is 13.1. The van der Waals surface area contributed by atoms with E-state index in [4.69, 9.17) is 10.00 Å². The number of esters is 1. The molecular weight excluding hydrogens is 266 g/mol. The molecule has 0 saturated heterocycles. The van der Waals surface area contributed by atoms with Crippen molar-refractivity contribution in [2.45, 2.75) is 19.9 Å². The molecule has 0 aromatic heterocycles. The summed E-state index contributed by atoms with van der Waals surface area (Å²) in [6.45, 7) is 3.44. The van der Waals surface area contributed by atoms with Crippen molar-refractivity contribution in [1.29, 1.82) is 5.26 Å². The second-order valence-electron chi connectivity index (χ2n) is 4.01. The molecule has 0 radical (unpaired) electrons. The maximum Gasteiger partial charge on any atom is 0.328 e. The van der Waals surface area contributed by atoms with Gasteiger partial charge in [0, 0.05) is 6.21 Å². The number of nitrogens with zero attached hydrogens (tertiary/aromatic N) is 2. The third-order valence-corrected chi connectivity index (χ3v) is 2.56. The number of nitriles is 1. The molecule has 0 N–H and O–H groups in total. The smallest absolute Gasteiger partial charge is 0.328 e. The Hall–Kier alpha value is -2.29. The normalized spacial score (nSPS) is 13.8. The van der Waals surface area contributed by atoms with Crippen LogP contribution < -0.4 is 0 Å². The van der Waals surface area contributed by atoms with E-state index >= 15 is 0 Å². The van der Waals surface area contributed by atoms with Crippen LogP contribution in [0, 0.1) is 28.9 Å². The van der Waals surface area contributed by atoms with E-state index in [2.05, 4.69) is 4.99 Å². The summed E-state index contributed by atoms with van der Waals surface area (Å²) in [6, 6.07) is 4.68. The number of aliphatic imine (C=N–C) groups is 1.